The van der Waals surface area contributed by atoms with Crippen LogP contribution < -0.4 is 0 Å². The average Bonchev–Trinajstić information content (AvgIpc) is 2.81. The molecule has 190 valence electrons. The number of hydrogen-bond donors (Lipinski definition) is 1. The van der Waals surface area contributed by atoms with Crippen LogP contribution in [-0.2, 0) is 14.3 Å². The number of hydrogen-bond acceptors (Lipinski definition) is 4. The normalized spacial score (nSPS) is 44.7. The van der Waals surface area contributed by atoms with E-state index in [1.807, 2.05) is 6.92 Å². The highest BCUT2D eigenvalue weighted by Crippen LogP contribution is 2.75. The summed E-state index contributed by atoms with van der Waals surface area (Å²) >= 11 is 0. The van der Waals surface area contributed by atoms with E-state index in [0.29, 0.717) is 23.3 Å². The number of esters is 1. The highest BCUT2D eigenvalue weighted by atomic mass is 16.5. The molecule has 3 saturated carbocycles. The van der Waals surface area contributed by atoms with Crippen molar-refractivity contribution in [1.82, 2.24) is 0 Å². The van der Waals surface area contributed by atoms with E-state index in [1.54, 1.807) is 6.08 Å². The van der Waals surface area contributed by atoms with Crippen molar-refractivity contribution >= 4 is 11.8 Å². The van der Waals surface area contributed by atoms with Crippen LogP contribution in [-0.4, -0.2) is 24.0 Å². The Morgan fingerprint density at radius 3 is 2.40 bits per heavy atom. The van der Waals surface area contributed by atoms with E-state index in [1.165, 1.54) is 25.5 Å². The molecule has 0 aromatic carbocycles. The first kappa shape index (κ1) is 24.6. The molecule has 5 aliphatic rings. The Balaban J connectivity index is 1.59. The number of ether oxygens (including phenoxy) is 1. The van der Waals surface area contributed by atoms with E-state index in [0.717, 1.165) is 43.3 Å². The van der Waals surface area contributed by atoms with Gasteiger partial charge in [-0.25, -0.2) is 0 Å². The van der Waals surface area contributed by atoms with E-state index in [4.69, 9.17) is 4.74 Å². The quantitative estimate of drug-likeness (QED) is 0.427. The molecule has 0 aromatic heterocycles. The zero-order valence-electron chi connectivity index (χ0n) is 22.6. The summed E-state index contributed by atoms with van der Waals surface area (Å²) in [5, 5.41) is 10.3. The summed E-state index contributed by atoms with van der Waals surface area (Å²) in [4.78, 5) is 24.9. The smallest absolute Gasteiger partial charge is 0.306 e. The minimum Gasteiger partial charge on any atom is -0.504 e. The third-order valence-electron chi connectivity index (χ3n) is 11.8. The molecule has 0 amide bonds. The summed E-state index contributed by atoms with van der Waals surface area (Å²) < 4.78 is 5.08. The molecule has 35 heavy (non-hydrogen) atoms. The SMILES string of the molecule is COC(=O)C[C@]1(C)CC[C@]2(C)CC[C@]3(C)C4=CC=C5C(=CC(=O)C(O)=C5C)[C@]4(C)CC[C@@]3(C)[C@@H]2C1. The Morgan fingerprint density at radius 2 is 1.71 bits per heavy atom. The van der Waals surface area contributed by atoms with Crippen LogP contribution in [0.2, 0.25) is 0 Å². The third kappa shape index (κ3) is 3.17. The molecule has 4 nitrogen and oxygen atoms in total. The van der Waals surface area contributed by atoms with Gasteiger partial charge < -0.3 is 9.84 Å². The Kier molecular flexibility index (Phi) is 5.24. The van der Waals surface area contributed by atoms with Gasteiger partial charge in [-0.3, -0.25) is 9.59 Å². The molecular formula is C31H42O4. The number of carbonyl (C=O) groups is 2. The number of rotatable bonds is 2. The van der Waals surface area contributed by atoms with E-state index in [2.05, 4.69) is 46.8 Å². The summed E-state index contributed by atoms with van der Waals surface area (Å²) in [5.41, 5.74) is 4.45. The Hall–Kier alpha value is -2.10. The number of fused-ring (bicyclic) bond motifs is 7. The predicted molar refractivity (Wildman–Crippen MR) is 138 cm³/mol. The van der Waals surface area contributed by atoms with Crippen molar-refractivity contribution in [3.63, 3.8) is 0 Å². The van der Waals surface area contributed by atoms with Gasteiger partial charge in [0.2, 0.25) is 5.78 Å². The highest BCUT2D eigenvalue weighted by molar-refractivity contribution is 6.06. The van der Waals surface area contributed by atoms with Crippen molar-refractivity contribution in [3.8, 4) is 0 Å². The molecule has 0 spiro atoms. The van der Waals surface area contributed by atoms with Crippen molar-refractivity contribution in [2.24, 2.45) is 33.0 Å². The van der Waals surface area contributed by atoms with Crippen LogP contribution in [0.5, 0.6) is 0 Å². The van der Waals surface area contributed by atoms with Crippen LogP contribution in [0.3, 0.4) is 0 Å². The van der Waals surface area contributed by atoms with Crippen molar-refractivity contribution in [2.45, 2.75) is 92.9 Å². The molecule has 0 saturated heterocycles. The fourth-order valence-corrected chi connectivity index (χ4v) is 9.11. The number of allylic oxidation sites excluding steroid dienone is 7. The molecule has 4 heteroatoms. The van der Waals surface area contributed by atoms with E-state index < -0.39 is 0 Å². The number of aliphatic hydroxyl groups excluding tert-OH is 1. The second-order valence-corrected chi connectivity index (χ2v) is 13.6. The van der Waals surface area contributed by atoms with E-state index >= 15 is 0 Å². The van der Waals surface area contributed by atoms with Crippen molar-refractivity contribution < 1.29 is 19.4 Å². The lowest BCUT2D eigenvalue weighted by atomic mass is 9.34. The fourth-order valence-electron chi connectivity index (χ4n) is 9.11. The summed E-state index contributed by atoms with van der Waals surface area (Å²) in [5.74, 6) is 0.0513. The molecule has 0 radical (unpaired) electrons. The van der Waals surface area contributed by atoms with Gasteiger partial charge in [-0.05, 0) is 96.7 Å². The van der Waals surface area contributed by atoms with Crippen molar-refractivity contribution in [2.75, 3.05) is 7.11 Å². The summed E-state index contributed by atoms with van der Waals surface area (Å²) in [6.07, 6.45) is 14.4. The predicted octanol–water partition coefficient (Wildman–Crippen LogP) is 7.18. The van der Waals surface area contributed by atoms with Crippen LogP contribution in [0.1, 0.15) is 92.9 Å². The van der Waals surface area contributed by atoms with Gasteiger partial charge in [0.1, 0.15) is 0 Å². The van der Waals surface area contributed by atoms with Crippen LogP contribution in [0.15, 0.2) is 46.3 Å². The maximum absolute atomic E-state index is 12.6. The first-order chi connectivity index (χ1) is 16.2. The van der Waals surface area contributed by atoms with Crippen LogP contribution in [0.25, 0.3) is 0 Å². The first-order valence-corrected chi connectivity index (χ1v) is 13.4. The number of carbonyl (C=O) groups excluding carboxylic acids is 2. The fraction of sp³-hybridized carbons (Fsp3) is 0.677. The van der Waals surface area contributed by atoms with Crippen LogP contribution in [0, 0.1) is 33.0 Å². The largest absolute Gasteiger partial charge is 0.504 e. The zero-order chi connectivity index (χ0) is 25.6. The zero-order valence-corrected chi connectivity index (χ0v) is 22.6. The van der Waals surface area contributed by atoms with Gasteiger partial charge in [-0.1, -0.05) is 52.3 Å². The van der Waals surface area contributed by atoms with Crippen LogP contribution >= 0.6 is 0 Å². The van der Waals surface area contributed by atoms with Crippen molar-refractivity contribution in [1.29, 1.82) is 0 Å². The molecule has 0 bridgehead atoms. The second kappa shape index (κ2) is 7.46. The minimum absolute atomic E-state index is 0.0106. The molecule has 0 aliphatic heterocycles. The molecule has 5 aliphatic carbocycles. The molecule has 6 atom stereocenters. The topological polar surface area (TPSA) is 63.6 Å². The molecule has 3 fully saturated rings. The lowest BCUT2D eigenvalue weighted by Crippen LogP contribution is -2.61. The van der Waals surface area contributed by atoms with Gasteiger partial charge in [-0.2, -0.15) is 0 Å². The monoisotopic (exact) mass is 478 g/mol. The lowest BCUT2D eigenvalue weighted by Gasteiger charge is -2.70. The van der Waals surface area contributed by atoms with Gasteiger partial charge in [0.05, 0.1) is 13.5 Å². The highest BCUT2D eigenvalue weighted by Gasteiger charge is 2.66. The lowest BCUT2D eigenvalue weighted by molar-refractivity contribution is -0.168. The maximum atomic E-state index is 12.6. The van der Waals surface area contributed by atoms with Crippen molar-refractivity contribution in [3.05, 3.63) is 46.3 Å². The van der Waals surface area contributed by atoms with Gasteiger partial charge in [0.25, 0.3) is 0 Å². The Morgan fingerprint density at radius 1 is 1.03 bits per heavy atom. The molecule has 1 N–H and O–H groups in total. The van der Waals surface area contributed by atoms with Gasteiger partial charge >= 0.3 is 5.97 Å². The summed E-state index contributed by atoms with van der Waals surface area (Å²) in [6, 6.07) is 0. The molecular weight excluding hydrogens is 436 g/mol. The maximum Gasteiger partial charge on any atom is 0.306 e. The Bertz CT molecular complexity index is 1140. The minimum atomic E-state index is -0.266. The molecule has 0 aromatic rings. The average molecular weight is 479 g/mol. The van der Waals surface area contributed by atoms with Crippen LogP contribution in [0.4, 0.5) is 0 Å². The second-order valence-electron chi connectivity index (χ2n) is 13.6. The number of methoxy groups -OCH3 is 1. The Labute approximate surface area is 210 Å². The molecule has 5 rings (SSSR count). The van der Waals surface area contributed by atoms with Gasteiger partial charge in [0, 0.05) is 11.0 Å². The molecule has 0 unspecified atom stereocenters. The summed E-state index contributed by atoms with van der Waals surface area (Å²) in [7, 11) is 1.50. The number of aliphatic hydroxyl groups is 1. The van der Waals surface area contributed by atoms with Gasteiger partial charge in [-0.15, -0.1) is 0 Å². The number of ketones is 1. The molecule has 0 heterocycles. The summed E-state index contributed by atoms with van der Waals surface area (Å²) in [6.45, 7) is 14.0. The van der Waals surface area contributed by atoms with Gasteiger partial charge in [0.15, 0.2) is 5.76 Å². The standard InChI is InChI=1S/C31H42O4/c1-19-20-8-9-23-29(4,21(20)16-22(32)26(19)34)13-15-31(6)24-17-27(2,18-25(33)35-7)10-11-28(24,3)12-14-30(23,31)5/h8-9,16,24,34H,10-15,17-18H2,1-7H3/t24-,27-,28-,29+,30-,31+/m1/s1. The third-order valence-corrected chi connectivity index (χ3v) is 11.8. The van der Waals surface area contributed by atoms with E-state index in [9.17, 15) is 14.7 Å². The van der Waals surface area contributed by atoms with E-state index in [-0.39, 0.29) is 39.2 Å². The first-order valence-electron chi connectivity index (χ1n) is 13.4.